The number of unbranched alkanes of at least 4 members (excludes halogenated alkanes) is 1. The number of nitrogens with zero attached hydrogens (tertiary/aromatic N) is 4. The number of aromatic nitrogens is 2. The molecule has 2 aromatic heterocycles. The van der Waals surface area contributed by atoms with E-state index < -0.39 is 0 Å². The van der Waals surface area contributed by atoms with Gasteiger partial charge in [-0.15, -0.1) is 34.9 Å². The van der Waals surface area contributed by atoms with Crippen LogP contribution in [0.4, 0.5) is 5.69 Å². The van der Waals surface area contributed by atoms with E-state index in [0.717, 1.165) is 42.9 Å². The maximum Gasteiger partial charge on any atom is 0.0391 e. The van der Waals surface area contributed by atoms with Crippen LogP contribution in [0.15, 0.2) is 83.8 Å². The zero-order valence-corrected chi connectivity index (χ0v) is 26.4. The van der Waals surface area contributed by atoms with E-state index in [4.69, 9.17) is 10.3 Å². The molecule has 0 spiro atoms. The molecule has 0 bridgehead atoms. The van der Waals surface area contributed by atoms with Crippen LogP contribution in [0.25, 0.3) is 5.32 Å². The molecule has 1 aromatic carbocycles. The quantitative estimate of drug-likeness (QED) is 0.216. The first-order valence-electron chi connectivity index (χ1n) is 13.9. The Bertz CT molecular complexity index is 1060. The third kappa shape index (κ3) is 12.8. The van der Waals surface area contributed by atoms with Crippen molar-refractivity contribution in [1.29, 1.82) is 0 Å². The predicted octanol–water partition coefficient (Wildman–Crippen LogP) is 9.77. The summed E-state index contributed by atoms with van der Waals surface area (Å²) in [5.74, 6) is 0.958. The van der Waals surface area contributed by atoms with Crippen molar-refractivity contribution < 1.29 is 25.8 Å². The van der Waals surface area contributed by atoms with Crippen LogP contribution in [0.5, 0.6) is 0 Å². The molecule has 0 fully saturated rings. The molecule has 0 saturated heterocycles. The molecule has 1 radical (unpaired) electrons. The molecule has 0 saturated carbocycles. The van der Waals surface area contributed by atoms with Gasteiger partial charge in [0, 0.05) is 50.5 Å². The van der Waals surface area contributed by atoms with Gasteiger partial charge in [0.15, 0.2) is 0 Å². The largest absolute Gasteiger partial charge is 0.656 e. The maximum atomic E-state index is 5.15. The SMILES string of the molecule is CCCCN=C1CCCC=C1[N-]c1c(C(C)C)cccc1C(C)C.[CH2-]c1ccccn1.[CH2-]c1ccccn1.[Sc]. The number of allylic oxidation sites excluding steroid dienone is 2. The number of benzene rings is 1. The van der Waals surface area contributed by atoms with Gasteiger partial charge >= 0.3 is 0 Å². The standard InChI is InChI=1S/C22H33N2.2C6H6N.Sc/c1-6-7-15-23-20-13-8-9-14-21(20)24-22-18(16(2)3)11-10-12-19(22)17(4)5;2*1-6-4-2-3-5-7-6;/h10-12,14,16-17H,6-9,13,15H2,1-5H3;2*2-5H,1H2;/q3*-1;. The number of para-hydroxylation sites is 1. The number of hydrogen-bond acceptors (Lipinski definition) is 3. The predicted molar refractivity (Wildman–Crippen MR) is 164 cm³/mol. The van der Waals surface area contributed by atoms with Crippen LogP contribution in [-0.4, -0.2) is 22.2 Å². The fourth-order valence-corrected chi connectivity index (χ4v) is 3.95. The Kier molecular flexibility index (Phi) is 17.1. The zero-order valence-electron chi connectivity index (χ0n) is 24.6. The van der Waals surface area contributed by atoms with E-state index in [2.05, 4.69) is 82.7 Å². The smallest absolute Gasteiger partial charge is 0.0391 e. The van der Waals surface area contributed by atoms with Gasteiger partial charge < -0.3 is 5.32 Å². The van der Waals surface area contributed by atoms with E-state index in [-0.39, 0.29) is 25.8 Å². The summed E-state index contributed by atoms with van der Waals surface area (Å²) in [6.45, 7) is 19.4. The first kappa shape index (κ1) is 34.4. The molecule has 0 atom stereocenters. The van der Waals surface area contributed by atoms with Crippen LogP contribution < -0.4 is 0 Å². The Balaban J connectivity index is 0.000000410. The second-order valence-electron chi connectivity index (χ2n) is 10.0. The minimum atomic E-state index is 0. The van der Waals surface area contributed by atoms with Crippen molar-refractivity contribution in [3.05, 3.63) is 120 Å². The molecular weight excluding hydrogens is 509 g/mol. The normalized spacial score (nSPS) is 13.4. The molecule has 4 nitrogen and oxygen atoms in total. The Labute approximate surface area is 256 Å². The molecule has 1 aliphatic rings. The zero-order chi connectivity index (χ0) is 27.8. The molecule has 39 heavy (non-hydrogen) atoms. The topological polar surface area (TPSA) is 52.2 Å². The van der Waals surface area contributed by atoms with Crippen molar-refractivity contribution in [2.24, 2.45) is 4.99 Å². The summed E-state index contributed by atoms with van der Waals surface area (Å²) in [6, 6.07) is 17.9. The Hall–Kier alpha value is -2.66. The first-order valence-corrected chi connectivity index (χ1v) is 13.9. The number of hydrogen-bond donors (Lipinski definition) is 0. The molecule has 0 unspecified atom stereocenters. The average Bonchev–Trinajstić information content (AvgIpc) is 2.91. The van der Waals surface area contributed by atoms with Crippen LogP contribution in [0.2, 0.25) is 0 Å². The Morgan fingerprint density at radius 1 is 0.846 bits per heavy atom. The van der Waals surface area contributed by atoms with Gasteiger partial charge in [0.2, 0.25) is 0 Å². The van der Waals surface area contributed by atoms with Crippen molar-refractivity contribution in [3.63, 3.8) is 0 Å². The molecule has 4 rings (SSSR count). The van der Waals surface area contributed by atoms with E-state index in [1.54, 1.807) is 12.4 Å². The number of rotatable bonds is 7. The summed E-state index contributed by atoms with van der Waals surface area (Å²) in [5.41, 5.74) is 7.85. The summed E-state index contributed by atoms with van der Waals surface area (Å²) in [7, 11) is 0. The summed E-state index contributed by atoms with van der Waals surface area (Å²) in [6.07, 6.45) is 11.5. The Morgan fingerprint density at radius 2 is 1.41 bits per heavy atom. The van der Waals surface area contributed by atoms with Crippen molar-refractivity contribution in [1.82, 2.24) is 9.97 Å². The van der Waals surface area contributed by atoms with Gasteiger partial charge in [-0.05, 0) is 37.5 Å². The second-order valence-corrected chi connectivity index (χ2v) is 10.0. The van der Waals surface area contributed by atoms with Crippen LogP contribution >= 0.6 is 0 Å². The fraction of sp³-hybridized carbons (Fsp3) is 0.382. The molecular formula is C34H45N4Sc-3. The summed E-state index contributed by atoms with van der Waals surface area (Å²) >= 11 is 0. The van der Waals surface area contributed by atoms with Gasteiger partial charge in [-0.3, -0.25) is 15.0 Å². The van der Waals surface area contributed by atoms with Crippen molar-refractivity contribution in [2.45, 2.75) is 78.6 Å². The van der Waals surface area contributed by atoms with Crippen molar-refractivity contribution in [2.75, 3.05) is 6.54 Å². The van der Waals surface area contributed by atoms with Crippen LogP contribution in [0.3, 0.4) is 0 Å². The Morgan fingerprint density at radius 3 is 1.82 bits per heavy atom. The van der Waals surface area contributed by atoms with Gasteiger partial charge in [0.05, 0.1) is 0 Å². The van der Waals surface area contributed by atoms with Crippen molar-refractivity contribution in [3.8, 4) is 0 Å². The van der Waals surface area contributed by atoms with Gasteiger partial charge in [0.1, 0.15) is 0 Å². The van der Waals surface area contributed by atoms with E-state index in [1.807, 2.05) is 36.4 Å². The molecule has 0 N–H and O–H groups in total. The average molecular weight is 555 g/mol. The molecule has 3 aromatic rings. The minimum absolute atomic E-state index is 0. The summed E-state index contributed by atoms with van der Waals surface area (Å²) in [4.78, 5) is 12.6. The van der Waals surface area contributed by atoms with E-state index in [0.29, 0.717) is 11.8 Å². The second kappa shape index (κ2) is 19.4. The molecule has 207 valence electrons. The summed E-state index contributed by atoms with van der Waals surface area (Å²) < 4.78 is 0. The van der Waals surface area contributed by atoms with Crippen LogP contribution in [0.1, 0.15) is 101 Å². The molecule has 2 heterocycles. The molecule has 1 aliphatic carbocycles. The van der Waals surface area contributed by atoms with Crippen molar-refractivity contribution >= 4 is 11.4 Å². The minimum Gasteiger partial charge on any atom is -0.656 e. The monoisotopic (exact) mass is 554 g/mol. The van der Waals surface area contributed by atoms with Gasteiger partial charge in [-0.1, -0.05) is 88.6 Å². The maximum absolute atomic E-state index is 5.15. The molecule has 0 aliphatic heterocycles. The van der Waals surface area contributed by atoms with Gasteiger partial charge in [0.25, 0.3) is 0 Å². The molecule has 0 amide bonds. The summed E-state index contributed by atoms with van der Waals surface area (Å²) in [5, 5.41) is 5.15. The fourth-order valence-electron chi connectivity index (χ4n) is 3.95. The third-order valence-corrected chi connectivity index (χ3v) is 6.09. The number of pyridine rings is 2. The van der Waals surface area contributed by atoms with Gasteiger partial charge in [-0.2, -0.15) is 12.1 Å². The van der Waals surface area contributed by atoms with Crippen LogP contribution in [-0.2, 0) is 25.8 Å². The van der Waals surface area contributed by atoms with Gasteiger partial charge in [-0.25, -0.2) is 13.8 Å². The number of aliphatic imine (C=N–C) groups is 1. The third-order valence-electron chi connectivity index (χ3n) is 6.09. The van der Waals surface area contributed by atoms with E-state index in [9.17, 15) is 0 Å². The van der Waals surface area contributed by atoms with E-state index in [1.165, 1.54) is 35.4 Å². The van der Waals surface area contributed by atoms with Crippen LogP contribution in [0, 0.1) is 13.8 Å². The van der Waals surface area contributed by atoms with E-state index >= 15 is 0 Å². The first-order chi connectivity index (χ1) is 18.3. The molecule has 5 heteroatoms.